The zero-order valence-electron chi connectivity index (χ0n) is 14.5. The maximum absolute atomic E-state index is 11.9. The molecular formula is C20H24N2O2. The Morgan fingerprint density at radius 1 is 1.21 bits per heavy atom. The molecule has 1 atom stereocenters. The van der Waals surface area contributed by atoms with E-state index in [4.69, 9.17) is 4.74 Å². The fourth-order valence-corrected chi connectivity index (χ4v) is 2.32. The quantitative estimate of drug-likeness (QED) is 0.617. The summed E-state index contributed by atoms with van der Waals surface area (Å²) in [6, 6.07) is 15.7. The topological polar surface area (TPSA) is 50.7 Å². The van der Waals surface area contributed by atoms with Crippen molar-refractivity contribution in [3.8, 4) is 5.75 Å². The third-order valence-corrected chi connectivity index (χ3v) is 4.00. The van der Waals surface area contributed by atoms with Crippen LogP contribution in [0.5, 0.6) is 5.75 Å². The van der Waals surface area contributed by atoms with Crippen molar-refractivity contribution in [1.29, 1.82) is 0 Å². The number of carbonyl (C=O) groups excluding carboxylic acids is 1. The van der Waals surface area contributed by atoms with E-state index in [-0.39, 0.29) is 12.5 Å². The third-order valence-electron chi connectivity index (χ3n) is 4.00. The number of nitrogens with zero attached hydrogens (tertiary/aromatic N) is 1. The molecule has 0 aliphatic carbocycles. The van der Waals surface area contributed by atoms with E-state index in [1.807, 2.05) is 55.5 Å². The van der Waals surface area contributed by atoms with E-state index in [9.17, 15) is 4.79 Å². The minimum Gasteiger partial charge on any atom is -0.483 e. The number of hydrogen-bond donors (Lipinski definition) is 1. The Labute approximate surface area is 143 Å². The van der Waals surface area contributed by atoms with Crippen LogP contribution in [-0.2, 0) is 4.79 Å². The zero-order valence-corrected chi connectivity index (χ0v) is 14.5. The van der Waals surface area contributed by atoms with Gasteiger partial charge >= 0.3 is 0 Å². The molecule has 4 heteroatoms. The highest BCUT2D eigenvalue weighted by atomic mass is 16.5. The summed E-state index contributed by atoms with van der Waals surface area (Å²) in [6.07, 6.45) is 2.66. The first kappa shape index (κ1) is 17.7. The minimum atomic E-state index is -0.279. The van der Waals surface area contributed by atoms with Gasteiger partial charge in [0.05, 0.1) is 6.21 Å². The second-order valence-electron chi connectivity index (χ2n) is 5.79. The van der Waals surface area contributed by atoms with Crippen molar-refractivity contribution in [2.75, 3.05) is 6.61 Å². The van der Waals surface area contributed by atoms with Crippen molar-refractivity contribution in [1.82, 2.24) is 5.43 Å². The molecule has 1 amide bonds. The number of hydrazone groups is 1. The Hall–Kier alpha value is -2.62. The van der Waals surface area contributed by atoms with Crippen LogP contribution in [0.25, 0.3) is 0 Å². The van der Waals surface area contributed by atoms with Crippen LogP contribution in [0.4, 0.5) is 0 Å². The SMILES string of the molecule is CCC(C)c1ccccc1OCC(=O)NN=Cc1ccccc1C. The van der Waals surface area contributed by atoms with Crippen molar-refractivity contribution in [2.24, 2.45) is 5.10 Å². The monoisotopic (exact) mass is 324 g/mol. The molecule has 2 aromatic carbocycles. The van der Waals surface area contributed by atoms with Crippen LogP contribution >= 0.6 is 0 Å². The molecule has 0 fully saturated rings. The average molecular weight is 324 g/mol. The predicted molar refractivity (Wildman–Crippen MR) is 97.6 cm³/mol. The van der Waals surface area contributed by atoms with Gasteiger partial charge in [-0.2, -0.15) is 5.10 Å². The van der Waals surface area contributed by atoms with E-state index in [2.05, 4.69) is 24.4 Å². The summed E-state index contributed by atoms with van der Waals surface area (Å²) in [5.74, 6) is 0.868. The highest BCUT2D eigenvalue weighted by Crippen LogP contribution is 2.28. The maximum atomic E-state index is 11.9. The first-order valence-electron chi connectivity index (χ1n) is 8.21. The van der Waals surface area contributed by atoms with Crippen LogP contribution in [0.2, 0.25) is 0 Å². The molecule has 4 nitrogen and oxygen atoms in total. The Balaban J connectivity index is 1.89. The summed E-state index contributed by atoms with van der Waals surface area (Å²) in [4.78, 5) is 11.9. The van der Waals surface area contributed by atoms with Gasteiger partial charge in [-0.1, -0.05) is 56.3 Å². The Morgan fingerprint density at radius 2 is 1.92 bits per heavy atom. The van der Waals surface area contributed by atoms with Crippen LogP contribution < -0.4 is 10.2 Å². The molecule has 0 saturated heterocycles. The predicted octanol–water partition coefficient (Wildman–Crippen LogP) is 4.04. The third kappa shape index (κ3) is 4.95. The van der Waals surface area contributed by atoms with Gasteiger partial charge in [-0.05, 0) is 42.0 Å². The molecule has 1 N–H and O–H groups in total. The molecule has 0 aliphatic heterocycles. The first-order chi connectivity index (χ1) is 11.6. The summed E-state index contributed by atoms with van der Waals surface area (Å²) < 4.78 is 5.66. The summed E-state index contributed by atoms with van der Waals surface area (Å²) >= 11 is 0. The lowest BCUT2D eigenvalue weighted by Crippen LogP contribution is -2.25. The molecule has 0 spiro atoms. The number of hydrogen-bond acceptors (Lipinski definition) is 3. The van der Waals surface area contributed by atoms with Gasteiger partial charge in [-0.3, -0.25) is 4.79 Å². The van der Waals surface area contributed by atoms with Gasteiger partial charge in [-0.15, -0.1) is 0 Å². The number of para-hydroxylation sites is 1. The van der Waals surface area contributed by atoms with Crippen molar-refractivity contribution in [3.63, 3.8) is 0 Å². The smallest absolute Gasteiger partial charge is 0.277 e. The minimum absolute atomic E-state index is 0.0570. The van der Waals surface area contributed by atoms with E-state index >= 15 is 0 Å². The molecule has 126 valence electrons. The normalized spacial score (nSPS) is 12.1. The fraction of sp³-hybridized carbons (Fsp3) is 0.300. The Bertz CT molecular complexity index is 710. The highest BCUT2D eigenvalue weighted by Gasteiger charge is 2.10. The molecule has 2 aromatic rings. The number of rotatable bonds is 7. The van der Waals surface area contributed by atoms with Gasteiger partial charge in [0.1, 0.15) is 5.75 Å². The van der Waals surface area contributed by atoms with Gasteiger partial charge in [0.25, 0.3) is 5.91 Å². The zero-order chi connectivity index (χ0) is 17.4. The lowest BCUT2D eigenvalue weighted by molar-refractivity contribution is -0.123. The lowest BCUT2D eigenvalue weighted by Gasteiger charge is -2.15. The molecular weight excluding hydrogens is 300 g/mol. The molecule has 2 rings (SSSR count). The van der Waals surface area contributed by atoms with Gasteiger partial charge in [0.2, 0.25) is 0 Å². The largest absolute Gasteiger partial charge is 0.483 e. The summed E-state index contributed by atoms with van der Waals surface area (Å²) in [7, 11) is 0. The maximum Gasteiger partial charge on any atom is 0.277 e. The van der Waals surface area contributed by atoms with Crippen molar-refractivity contribution < 1.29 is 9.53 Å². The van der Waals surface area contributed by atoms with E-state index in [1.165, 1.54) is 0 Å². The van der Waals surface area contributed by atoms with Crippen LogP contribution in [0.15, 0.2) is 53.6 Å². The molecule has 0 aliphatic rings. The van der Waals surface area contributed by atoms with Crippen molar-refractivity contribution in [2.45, 2.75) is 33.1 Å². The number of amides is 1. The lowest BCUT2D eigenvalue weighted by atomic mass is 9.98. The molecule has 0 heterocycles. The van der Waals surface area contributed by atoms with Gasteiger partial charge < -0.3 is 4.74 Å². The van der Waals surface area contributed by atoms with Crippen LogP contribution in [0, 0.1) is 6.92 Å². The fourth-order valence-electron chi connectivity index (χ4n) is 2.32. The van der Waals surface area contributed by atoms with Crippen molar-refractivity contribution in [3.05, 3.63) is 65.2 Å². The summed E-state index contributed by atoms with van der Waals surface area (Å²) in [6.45, 7) is 6.22. The summed E-state index contributed by atoms with van der Waals surface area (Å²) in [5, 5.41) is 3.98. The Kier molecular flexibility index (Phi) is 6.55. The second-order valence-corrected chi connectivity index (χ2v) is 5.79. The molecule has 24 heavy (non-hydrogen) atoms. The van der Waals surface area contributed by atoms with E-state index in [1.54, 1.807) is 6.21 Å². The number of aryl methyl sites for hydroxylation is 1. The number of benzene rings is 2. The summed E-state index contributed by atoms with van der Waals surface area (Å²) in [5.41, 5.74) is 5.70. The van der Waals surface area contributed by atoms with E-state index in [0.29, 0.717) is 5.92 Å². The Morgan fingerprint density at radius 3 is 2.67 bits per heavy atom. The van der Waals surface area contributed by atoms with Crippen LogP contribution in [-0.4, -0.2) is 18.7 Å². The number of carbonyl (C=O) groups is 1. The van der Waals surface area contributed by atoms with Gasteiger partial charge in [0.15, 0.2) is 6.61 Å². The first-order valence-corrected chi connectivity index (χ1v) is 8.21. The van der Waals surface area contributed by atoms with Crippen molar-refractivity contribution >= 4 is 12.1 Å². The molecule has 0 aromatic heterocycles. The molecule has 0 saturated carbocycles. The highest BCUT2D eigenvalue weighted by molar-refractivity contribution is 5.84. The average Bonchev–Trinajstić information content (AvgIpc) is 2.61. The van der Waals surface area contributed by atoms with Crippen LogP contribution in [0.3, 0.4) is 0 Å². The number of ether oxygens (including phenoxy) is 1. The molecule has 1 unspecified atom stereocenters. The van der Waals surface area contributed by atoms with E-state index < -0.39 is 0 Å². The van der Waals surface area contributed by atoms with Crippen LogP contribution in [0.1, 0.15) is 42.9 Å². The van der Waals surface area contributed by atoms with E-state index in [0.717, 1.165) is 28.9 Å². The van der Waals surface area contributed by atoms with Gasteiger partial charge in [-0.25, -0.2) is 5.43 Å². The number of nitrogens with one attached hydrogen (secondary N) is 1. The molecule has 0 bridgehead atoms. The second kappa shape index (κ2) is 8.87. The molecule has 0 radical (unpaired) electrons. The van der Waals surface area contributed by atoms with Gasteiger partial charge in [0, 0.05) is 0 Å². The standard InChI is InChI=1S/C20H24N2O2/c1-4-15(2)18-11-7-8-12-19(18)24-14-20(23)22-21-13-17-10-6-5-9-16(17)3/h5-13,15H,4,14H2,1-3H3,(H,22,23).